The summed E-state index contributed by atoms with van der Waals surface area (Å²) in [4.78, 5) is 62.8. The molecule has 300 valence electrons. The summed E-state index contributed by atoms with van der Waals surface area (Å²) < 4.78 is 61.0. The molecule has 4 amide bonds. The third-order valence-corrected chi connectivity index (χ3v) is 12.6. The molecular formula is C40H30BrCl2F4N5O6. The molecule has 58 heavy (non-hydrogen) atoms. The molecule has 8 rings (SSSR count). The minimum absolute atomic E-state index is 0.0343. The number of phenols is 1. The number of carbonyl (C=O) groups excluding carboxylic acids is 4. The highest BCUT2D eigenvalue weighted by Crippen LogP contribution is 2.65. The van der Waals surface area contributed by atoms with Crippen LogP contribution in [0.2, 0.25) is 10.0 Å². The van der Waals surface area contributed by atoms with Gasteiger partial charge in [-0.1, -0.05) is 62.9 Å². The smallest absolute Gasteiger partial charge is 0.433 e. The number of hydrogen-bond donors (Lipinski definition) is 2. The molecule has 2 aliphatic carbocycles. The van der Waals surface area contributed by atoms with Crippen LogP contribution >= 0.6 is 39.1 Å². The summed E-state index contributed by atoms with van der Waals surface area (Å²) >= 11 is 16.1. The van der Waals surface area contributed by atoms with Crippen molar-refractivity contribution in [1.82, 2.24) is 15.0 Å². The Morgan fingerprint density at radius 1 is 0.966 bits per heavy atom. The number of alkyl halides is 3. The number of imide groups is 2. The van der Waals surface area contributed by atoms with Gasteiger partial charge >= 0.3 is 6.18 Å². The second-order valence-corrected chi connectivity index (χ2v) is 16.2. The summed E-state index contributed by atoms with van der Waals surface area (Å²) in [6.45, 7) is 0. The van der Waals surface area contributed by atoms with Crippen molar-refractivity contribution >= 4 is 74.3 Å². The van der Waals surface area contributed by atoms with Crippen LogP contribution in [0.25, 0.3) is 0 Å². The quantitative estimate of drug-likeness (QED) is 0.107. The number of phenolic OH excluding ortho intramolecular Hbond substituents is 1. The molecule has 6 atom stereocenters. The number of anilines is 2. The number of hydrazine groups is 2. The lowest BCUT2D eigenvalue weighted by Crippen LogP contribution is -2.53. The van der Waals surface area contributed by atoms with E-state index < -0.39 is 82.1 Å². The maximum Gasteiger partial charge on any atom is 0.433 e. The molecule has 1 saturated carbocycles. The first-order valence-corrected chi connectivity index (χ1v) is 19.3. The molecule has 2 N–H and O–H groups in total. The van der Waals surface area contributed by atoms with Crippen LogP contribution < -0.4 is 15.2 Å². The van der Waals surface area contributed by atoms with E-state index in [0.717, 1.165) is 33.2 Å². The van der Waals surface area contributed by atoms with Gasteiger partial charge in [0.05, 0.1) is 41.0 Å². The second kappa shape index (κ2) is 14.3. The van der Waals surface area contributed by atoms with Crippen LogP contribution in [0.5, 0.6) is 11.5 Å². The zero-order valence-electron chi connectivity index (χ0n) is 30.2. The minimum Gasteiger partial charge on any atom is -0.504 e. The molecule has 0 spiro atoms. The summed E-state index contributed by atoms with van der Waals surface area (Å²) in [5.41, 5.74) is 0.937. The Hall–Kier alpha value is -5.19. The average Bonchev–Trinajstić information content (AvgIpc) is 3.56. The van der Waals surface area contributed by atoms with E-state index in [2.05, 4.69) is 26.3 Å². The average molecular weight is 904 g/mol. The van der Waals surface area contributed by atoms with Crippen LogP contribution in [0.1, 0.15) is 35.6 Å². The number of methoxy groups -OCH3 is 1. The molecule has 4 aliphatic rings. The fraction of sp³-hybridized carbons (Fsp3) is 0.275. The Kier molecular flexibility index (Phi) is 9.75. The zero-order chi connectivity index (χ0) is 41.6. The Balaban J connectivity index is 1.31. The molecule has 2 saturated heterocycles. The number of pyridine rings is 1. The van der Waals surface area contributed by atoms with E-state index in [4.69, 9.17) is 27.9 Å². The van der Waals surface area contributed by atoms with E-state index in [1.54, 1.807) is 36.4 Å². The second-order valence-electron chi connectivity index (χ2n) is 14.4. The van der Waals surface area contributed by atoms with Crippen LogP contribution in [0, 0.1) is 29.5 Å². The fourth-order valence-electron chi connectivity index (χ4n) is 9.16. The number of nitrogens with zero attached hydrogens (tertiary/aromatic N) is 4. The summed E-state index contributed by atoms with van der Waals surface area (Å²) in [6, 6.07) is 16.1. The number of carbonyl (C=O) groups is 4. The molecule has 3 fully saturated rings. The van der Waals surface area contributed by atoms with Gasteiger partial charge in [-0.25, -0.2) is 9.37 Å². The van der Waals surface area contributed by atoms with E-state index in [0.29, 0.717) is 26.7 Å². The number of ether oxygens (including phenoxy) is 1. The zero-order valence-corrected chi connectivity index (χ0v) is 33.3. The summed E-state index contributed by atoms with van der Waals surface area (Å²) in [5.74, 6) is -9.83. The van der Waals surface area contributed by atoms with Gasteiger partial charge in [-0.3, -0.25) is 29.6 Å². The summed E-state index contributed by atoms with van der Waals surface area (Å²) in [7, 11) is 2.55. The highest BCUT2D eigenvalue weighted by Gasteiger charge is 2.71. The molecule has 1 aromatic heterocycles. The Morgan fingerprint density at radius 2 is 1.66 bits per heavy atom. The minimum atomic E-state index is -4.86. The van der Waals surface area contributed by atoms with Gasteiger partial charge in [0.1, 0.15) is 11.5 Å². The molecular weight excluding hydrogens is 873 g/mol. The largest absolute Gasteiger partial charge is 0.504 e. The van der Waals surface area contributed by atoms with Gasteiger partial charge in [-0.2, -0.15) is 23.2 Å². The molecule has 3 heterocycles. The predicted octanol–water partition coefficient (Wildman–Crippen LogP) is 8.06. The predicted molar refractivity (Wildman–Crippen MR) is 206 cm³/mol. The third kappa shape index (κ3) is 6.01. The molecule has 2 aliphatic heterocycles. The Labute approximate surface area is 346 Å². The monoisotopic (exact) mass is 901 g/mol. The Bertz CT molecular complexity index is 2440. The number of halogens is 7. The van der Waals surface area contributed by atoms with Crippen molar-refractivity contribution in [3.63, 3.8) is 0 Å². The van der Waals surface area contributed by atoms with Crippen molar-refractivity contribution in [1.29, 1.82) is 0 Å². The number of hydrogen-bond acceptors (Lipinski definition) is 9. The number of fused-ring (bicyclic) bond motifs is 4. The van der Waals surface area contributed by atoms with Crippen molar-refractivity contribution in [2.24, 2.45) is 23.7 Å². The number of aromatic hydroxyl groups is 1. The number of amides is 4. The first-order chi connectivity index (χ1) is 27.5. The van der Waals surface area contributed by atoms with Crippen LogP contribution in [-0.4, -0.2) is 57.9 Å². The Morgan fingerprint density at radius 3 is 2.31 bits per heavy atom. The molecule has 6 unspecified atom stereocenters. The van der Waals surface area contributed by atoms with E-state index >= 15 is 4.79 Å². The lowest BCUT2D eigenvalue weighted by atomic mass is 9.49. The van der Waals surface area contributed by atoms with Gasteiger partial charge in [0.25, 0.3) is 23.6 Å². The maximum atomic E-state index is 15.4. The molecule has 4 aromatic rings. The van der Waals surface area contributed by atoms with Gasteiger partial charge in [-0.15, -0.1) is 0 Å². The van der Waals surface area contributed by atoms with Crippen molar-refractivity contribution in [3.05, 3.63) is 122 Å². The molecule has 18 heteroatoms. The summed E-state index contributed by atoms with van der Waals surface area (Å²) in [6.07, 6.45) is -3.32. The third-order valence-electron chi connectivity index (χ3n) is 11.6. The van der Waals surface area contributed by atoms with Gasteiger partial charge in [0, 0.05) is 28.0 Å². The van der Waals surface area contributed by atoms with Crippen molar-refractivity contribution in [2.75, 3.05) is 24.6 Å². The SMILES string of the molecule is COc1cc(Br)cc(C2C3=CCC4C(=O)N(N(C)c5nc(C(F)(F)F)ccc5Cl)C(=O)C4C3CC3C(=O)N(Nc4ccc(F)cc4)C(=O)C32c2ccc(Cl)cc2)c1O. The van der Waals surface area contributed by atoms with E-state index in [1.807, 2.05) is 0 Å². The van der Waals surface area contributed by atoms with Crippen molar-refractivity contribution < 1.29 is 46.6 Å². The van der Waals surface area contributed by atoms with Crippen LogP contribution in [0.4, 0.5) is 29.1 Å². The van der Waals surface area contributed by atoms with Gasteiger partial charge in [0.15, 0.2) is 17.3 Å². The lowest BCUT2D eigenvalue weighted by molar-refractivity contribution is -0.142. The first kappa shape index (κ1) is 39.6. The van der Waals surface area contributed by atoms with E-state index in [-0.39, 0.29) is 40.6 Å². The highest BCUT2D eigenvalue weighted by molar-refractivity contribution is 9.10. The molecule has 3 aromatic carbocycles. The van der Waals surface area contributed by atoms with Crippen molar-refractivity contribution in [2.45, 2.75) is 30.4 Å². The highest BCUT2D eigenvalue weighted by atomic mass is 79.9. The standard InChI is InChI=1S/C40H30BrCl2F4N5O6/c1-50(34-28(43)13-14-30(48-34)40(45,46)47)52-35(54)24-12-11-23-25(31(24)37(52)56)17-27-36(55)51(49-22-9-7-21(44)8-10-22)38(57)39(27,18-3-5-20(42)6-4-18)32(23)26-15-19(41)16-29(58-2)33(26)53/h3-11,13-16,24-25,27,31-32,49,53H,12,17H2,1-2H3. The molecule has 11 nitrogen and oxygen atoms in total. The van der Waals surface area contributed by atoms with Gasteiger partial charge in [-0.05, 0) is 85.0 Å². The van der Waals surface area contributed by atoms with E-state index in [1.165, 1.54) is 32.4 Å². The number of allylic oxidation sites excluding steroid dienone is 2. The molecule has 0 radical (unpaired) electrons. The van der Waals surface area contributed by atoms with E-state index in [9.17, 15) is 37.1 Å². The van der Waals surface area contributed by atoms with Gasteiger partial charge < -0.3 is 9.84 Å². The number of rotatable bonds is 7. The molecule has 0 bridgehead atoms. The van der Waals surface area contributed by atoms with Crippen molar-refractivity contribution in [3.8, 4) is 11.5 Å². The normalized spacial score (nSPS) is 25.3. The topological polar surface area (TPSA) is 132 Å². The number of nitrogens with one attached hydrogen (secondary N) is 1. The fourth-order valence-corrected chi connectivity index (χ4v) is 9.97. The van der Waals surface area contributed by atoms with Crippen LogP contribution in [0.3, 0.4) is 0 Å². The number of aromatic nitrogens is 1. The number of benzene rings is 3. The maximum absolute atomic E-state index is 15.4. The summed E-state index contributed by atoms with van der Waals surface area (Å²) in [5, 5.41) is 14.4. The first-order valence-electron chi connectivity index (χ1n) is 17.8. The lowest BCUT2D eigenvalue weighted by Gasteiger charge is -2.50. The van der Waals surface area contributed by atoms with Gasteiger partial charge in [0.2, 0.25) is 0 Å². The van der Waals surface area contributed by atoms with Crippen LogP contribution in [-0.2, 0) is 30.8 Å². The van der Waals surface area contributed by atoms with Crippen LogP contribution in [0.15, 0.2) is 88.9 Å².